The summed E-state index contributed by atoms with van der Waals surface area (Å²) in [6.45, 7) is 17.7. The van der Waals surface area contributed by atoms with Gasteiger partial charge < -0.3 is 54.4 Å². The smallest absolute Gasteiger partial charge is 0.407 e. The molecular formula is C64H105N4O14P. The highest BCUT2D eigenvalue weighted by molar-refractivity contribution is 7.53. The number of carboxylic acid groups (broad SMARTS) is 1. The molecule has 3 rings (SSSR count). The minimum atomic E-state index is -3.14. The molecule has 0 saturated heterocycles. The first kappa shape index (κ1) is 72.4. The van der Waals surface area contributed by atoms with Crippen LogP contribution in [0.15, 0.2) is 48.5 Å². The van der Waals surface area contributed by atoms with E-state index in [9.17, 15) is 38.4 Å². The highest BCUT2D eigenvalue weighted by atomic mass is 31.2. The Morgan fingerprint density at radius 2 is 1.01 bits per heavy atom. The molecule has 470 valence electrons. The molecular weight excluding hydrogens is 1080 g/mol. The molecule has 18 nitrogen and oxygen atoms in total. The van der Waals surface area contributed by atoms with Crippen molar-refractivity contribution in [3.63, 3.8) is 0 Å². The number of rotatable bonds is 44. The average molecular weight is 1190 g/mol. The van der Waals surface area contributed by atoms with Crippen molar-refractivity contribution in [1.82, 2.24) is 21.3 Å². The molecule has 0 spiro atoms. The van der Waals surface area contributed by atoms with E-state index in [2.05, 4.69) is 21.3 Å². The van der Waals surface area contributed by atoms with Crippen LogP contribution in [0.5, 0.6) is 0 Å². The number of fused-ring (bicyclic) bond motifs is 3. The standard InChI is InChI=1S/C64H105N4O14P/c1-62(2,3)80-60(74)55(67-57(70)38-25-23-21-19-17-15-13-11-10-12-14-16-18-20-22-24-32-46-83(76,81-63(4,5)6)82-64(7,8)9)39-40-56(69)66-42-43-77-44-45-78-48-58(71)65-41-31-30-37-54(59(72)73)68-61(75)79-47-53-51-35-28-26-33-49(51)50-34-27-29-36-52(50)53/h26-29,33-36,53-55H,10-25,30-32,37-48H2,1-9H3,(H,65,71)(H,66,69)(H,67,70)(H,68,75)(H,72,73). The number of unbranched alkanes of at least 4 members (excludes halogenated alkanes) is 17. The highest BCUT2D eigenvalue weighted by Gasteiger charge is 2.35. The summed E-state index contributed by atoms with van der Waals surface area (Å²) in [4.78, 5) is 75.4. The van der Waals surface area contributed by atoms with E-state index >= 15 is 0 Å². The van der Waals surface area contributed by atoms with Gasteiger partial charge in [0.05, 0.1) is 37.2 Å². The molecule has 4 amide bonds. The van der Waals surface area contributed by atoms with Gasteiger partial charge in [-0.05, 0) is 123 Å². The van der Waals surface area contributed by atoms with Crippen LogP contribution in [0.2, 0.25) is 0 Å². The summed E-state index contributed by atoms with van der Waals surface area (Å²) in [5.41, 5.74) is 2.52. The predicted octanol–water partition coefficient (Wildman–Crippen LogP) is 12.9. The summed E-state index contributed by atoms with van der Waals surface area (Å²) in [5, 5.41) is 20.5. The number of ether oxygens (including phenoxy) is 4. The lowest BCUT2D eigenvalue weighted by atomic mass is 9.98. The molecule has 1 aliphatic rings. The summed E-state index contributed by atoms with van der Waals surface area (Å²) in [6.07, 6.45) is 20.5. The number of alkyl carbamates (subject to hydrolysis) is 1. The lowest BCUT2D eigenvalue weighted by molar-refractivity contribution is -0.159. The Morgan fingerprint density at radius 1 is 0.518 bits per heavy atom. The van der Waals surface area contributed by atoms with Crippen molar-refractivity contribution in [2.45, 2.75) is 245 Å². The minimum Gasteiger partial charge on any atom is -0.480 e. The van der Waals surface area contributed by atoms with Gasteiger partial charge >= 0.3 is 25.6 Å². The molecule has 0 saturated carbocycles. The molecule has 0 bridgehead atoms. The zero-order valence-corrected chi connectivity index (χ0v) is 52.9. The monoisotopic (exact) mass is 1180 g/mol. The Morgan fingerprint density at radius 3 is 1.53 bits per heavy atom. The Balaban J connectivity index is 1.14. The van der Waals surface area contributed by atoms with Gasteiger partial charge in [0.15, 0.2) is 0 Å². The Kier molecular flexibility index (Phi) is 34.0. The van der Waals surface area contributed by atoms with Crippen molar-refractivity contribution < 1.29 is 66.4 Å². The molecule has 0 radical (unpaired) electrons. The van der Waals surface area contributed by atoms with Crippen LogP contribution in [0.4, 0.5) is 4.79 Å². The number of aliphatic carboxylic acids is 1. The summed E-state index contributed by atoms with van der Waals surface area (Å²) < 4.78 is 47.2. The number of carboxylic acids is 1. The van der Waals surface area contributed by atoms with Gasteiger partial charge in [0.2, 0.25) is 17.7 Å². The molecule has 2 aromatic rings. The maximum absolute atomic E-state index is 13.4. The van der Waals surface area contributed by atoms with Gasteiger partial charge in [-0.3, -0.25) is 18.9 Å². The molecule has 0 aromatic heterocycles. The fraction of sp³-hybridized carbons (Fsp3) is 0.719. The summed E-state index contributed by atoms with van der Waals surface area (Å²) in [7, 11) is -3.14. The third kappa shape index (κ3) is 33.4. The molecule has 1 aliphatic carbocycles. The first-order chi connectivity index (χ1) is 39.3. The van der Waals surface area contributed by atoms with E-state index in [4.69, 9.17) is 28.0 Å². The summed E-state index contributed by atoms with van der Waals surface area (Å²) in [6, 6.07) is 13.8. The van der Waals surface area contributed by atoms with Gasteiger partial charge in [0.25, 0.3) is 0 Å². The maximum atomic E-state index is 13.4. The number of hydrogen-bond donors (Lipinski definition) is 5. The zero-order chi connectivity index (χ0) is 61.2. The zero-order valence-electron chi connectivity index (χ0n) is 52.0. The topological polar surface area (TPSA) is 243 Å². The second kappa shape index (κ2) is 39.0. The lowest BCUT2D eigenvalue weighted by Crippen LogP contribution is -2.44. The Hall–Kier alpha value is -4.87. The van der Waals surface area contributed by atoms with Crippen LogP contribution in [0, 0.1) is 0 Å². The SMILES string of the molecule is CC(C)(C)OC(=O)C(CCC(=O)NCCOCCOCC(=O)NCCCCC(NC(=O)OCC1c2ccccc2-c2ccccc21)C(=O)O)NC(=O)CCCCCCCCCCCCCCCCCCCP(=O)(OC(C)(C)C)OC(C)(C)C. The summed E-state index contributed by atoms with van der Waals surface area (Å²) in [5.74, 6) is -2.78. The molecule has 2 aromatic carbocycles. The second-order valence-electron chi connectivity index (χ2n) is 24.9. The van der Waals surface area contributed by atoms with E-state index in [1.807, 2.05) is 90.1 Å². The predicted molar refractivity (Wildman–Crippen MR) is 325 cm³/mol. The van der Waals surface area contributed by atoms with Crippen molar-refractivity contribution in [3.05, 3.63) is 59.7 Å². The van der Waals surface area contributed by atoms with Crippen molar-refractivity contribution in [3.8, 4) is 11.1 Å². The molecule has 0 heterocycles. The van der Waals surface area contributed by atoms with Crippen LogP contribution in [-0.4, -0.2) is 122 Å². The van der Waals surface area contributed by atoms with E-state index < -0.39 is 54.5 Å². The molecule has 0 fully saturated rings. The minimum absolute atomic E-state index is 0.00146. The number of amides is 4. The van der Waals surface area contributed by atoms with Gasteiger partial charge in [-0.1, -0.05) is 145 Å². The lowest BCUT2D eigenvalue weighted by Gasteiger charge is -2.32. The number of carbonyl (C=O) groups excluding carboxylic acids is 5. The fourth-order valence-electron chi connectivity index (χ4n) is 9.88. The van der Waals surface area contributed by atoms with E-state index in [1.165, 1.54) is 64.2 Å². The van der Waals surface area contributed by atoms with E-state index in [0.29, 0.717) is 32.0 Å². The highest BCUT2D eigenvalue weighted by Crippen LogP contribution is 2.55. The molecule has 0 aliphatic heterocycles. The average Bonchev–Trinajstić information content (AvgIpc) is 2.02. The first-order valence-electron chi connectivity index (χ1n) is 30.9. The van der Waals surface area contributed by atoms with Gasteiger partial charge in [-0.15, -0.1) is 0 Å². The first-order valence-corrected chi connectivity index (χ1v) is 32.6. The molecule has 83 heavy (non-hydrogen) atoms. The van der Waals surface area contributed by atoms with Crippen LogP contribution in [-0.2, 0) is 56.5 Å². The quantitative estimate of drug-likeness (QED) is 0.0235. The van der Waals surface area contributed by atoms with Gasteiger partial charge in [-0.25, -0.2) is 14.4 Å². The number of hydrogen-bond acceptors (Lipinski definition) is 13. The summed E-state index contributed by atoms with van der Waals surface area (Å²) >= 11 is 0. The normalized spacial score (nSPS) is 13.4. The van der Waals surface area contributed by atoms with Crippen molar-refractivity contribution >= 4 is 43.3 Å². The largest absolute Gasteiger partial charge is 0.480 e. The maximum Gasteiger partial charge on any atom is 0.407 e. The molecule has 19 heteroatoms. The van der Waals surface area contributed by atoms with Crippen LogP contribution < -0.4 is 21.3 Å². The van der Waals surface area contributed by atoms with Crippen LogP contribution in [0.25, 0.3) is 11.1 Å². The Labute approximate surface area is 497 Å². The second-order valence-corrected chi connectivity index (χ2v) is 27.0. The molecule has 2 atom stereocenters. The fourth-order valence-corrected chi connectivity index (χ4v) is 12.4. The third-order valence-electron chi connectivity index (χ3n) is 13.7. The van der Waals surface area contributed by atoms with Crippen LogP contribution >= 0.6 is 7.60 Å². The van der Waals surface area contributed by atoms with Gasteiger partial charge in [0.1, 0.15) is 30.9 Å². The van der Waals surface area contributed by atoms with Gasteiger partial charge in [-0.2, -0.15) is 0 Å². The van der Waals surface area contributed by atoms with Crippen molar-refractivity contribution in [1.29, 1.82) is 0 Å². The number of benzene rings is 2. The van der Waals surface area contributed by atoms with E-state index in [-0.39, 0.29) is 82.5 Å². The molecule has 5 N–H and O–H groups in total. The molecule has 2 unspecified atom stereocenters. The van der Waals surface area contributed by atoms with Crippen LogP contribution in [0.3, 0.4) is 0 Å². The van der Waals surface area contributed by atoms with Crippen molar-refractivity contribution in [2.24, 2.45) is 0 Å². The van der Waals surface area contributed by atoms with E-state index in [0.717, 1.165) is 67.2 Å². The number of esters is 1. The van der Waals surface area contributed by atoms with Gasteiger partial charge in [0, 0.05) is 31.8 Å². The Bertz CT molecular complexity index is 2230. The third-order valence-corrected chi connectivity index (χ3v) is 16.2. The van der Waals surface area contributed by atoms with E-state index in [1.54, 1.807) is 20.8 Å². The van der Waals surface area contributed by atoms with Crippen LogP contribution in [0.1, 0.15) is 227 Å². The number of nitrogens with one attached hydrogen (secondary N) is 4. The number of carbonyl (C=O) groups is 6. The van der Waals surface area contributed by atoms with Crippen molar-refractivity contribution in [2.75, 3.05) is 52.3 Å².